The van der Waals surface area contributed by atoms with E-state index in [-0.39, 0.29) is 18.0 Å². The van der Waals surface area contributed by atoms with Crippen LogP contribution in [0, 0.1) is 5.92 Å². The minimum atomic E-state index is -0.552. The molecule has 24 heavy (non-hydrogen) atoms. The topological polar surface area (TPSA) is 59.1 Å². The van der Waals surface area contributed by atoms with Gasteiger partial charge in [0.15, 0.2) is 0 Å². The van der Waals surface area contributed by atoms with Crippen molar-refractivity contribution in [1.82, 2.24) is 9.80 Å². The summed E-state index contributed by atoms with van der Waals surface area (Å²) in [7, 11) is 0. The van der Waals surface area contributed by atoms with E-state index in [1.165, 1.54) is 0 Å². The van der Waals surface area contributed by atoms with Crippen LogP contribution in [-0.2, 0) is 14.3 Å². The van der Waals surface area contributed by atoms with E-state index in [1.807, 2.05) is 39.5 Å². The minimum absolute atomic E-state index is 0.0201. The van der Waals surface area contributed by atoms with Gasteiger partial charge in [0.25, 0.3) is 0 Å². The molecule has 2 aliphatic rings. The van der Waals surface area contributed by atoms with E-state index in [9.17, 15) is 9.59 Å². The van der Waals surface area contributed by atoms with Crippen molar-refractivity contribution >= 4 is 12.0 Å². The van der Waals surface area contributed by atoms with E-state index < -0.39 is 11.6 Å². The molecule has 138 valence electrons. The average Bonchev–Trinajstić information content (AvgIpc) is 3.19. The maximum Gasteiger partial charge on any atom is 0.411 e. The second-order valence-electron chi connectivity index (χ2n) is 7.89. The molecule has 1 saturated heterocycles. The molecule has 2 fully saturated rings. The second kappa shape index (κ2) is 7.72. The molecule has 6 nitrogen and oxygen atoms in total. The number of nitrogens with zero attached hydrogens (tertiary/aromatic N) is 2. The van der Waals surface area contributed by atoms with E-state index in [0.717, 1.165) is 32.4 Å². The molecule has 1 aliphatic heterocycles. The molecule has 0 N–H and O–H groups in total. The quantitative estimate of drug-likeness (QED) is 0.746. The van der Waals surface area contributed by atoms with Crippen molar-refractivity contribution in [2.24, 2.45) is 5.92 Å². The number of carbonyl (C=O) groups is 2. The lowest BCUT2D eigenvalue weighted by Crippen LogP contribution is -2.51. The SMILES string of the molecule is CCOC[C@H]1CCN(C(=O)[C@@H](C)N(C(=O)OC(C)(C)C)C2CC2)C1. The maximum atomic E-state index is 12.8. The molecule has 0 spiro atoms. The summed E-state index contributed by atoms with van der Waals surface area (Å²) >= 11 is 0. The molecule has 1 heterocycles. The summed E-state index contributed by atoms with van der Waals surface area (Å²) in [6, 6.07) is -0.334. The third-order valence-corrected chi connectivity index (χ3v) is 4.47. The molecular formula is C18H32N2O4. The van der Waals surface area contributed by atoms with Crippen LogP contribution >= 0.6 is 0 Å². The molecule has 0 radical (unpaired) electrons. The Labute approximate surface area is 145 Å². The fraction of sp³-hybridized carbons (Fsp3) is 0.889. The van der Waals surface area contributed by atoms with Gasteiger partial charge in [0.2, 0.25) is 5.91 Å². The maximum absolute atomic E-state index is 12.8. The molecule has 2 amide bonds. The summed E-state index contributed by atoms with van der Waals surface area (Å²) in [6.45, 7) is 12.2. The Bertz CT molecular complexity index is 456. The highest BCUT2D eigenvalue weighted by Crippen LogP contribution is 2.31. The second-order valence-corrected chi connectivity index (χ2v) is 7.89. The van der Waals surface area contributed by atoms with Crippen molar-refractivity contribution in [3.8, 4) is 0 Å². The molecule has 2 rings (SSSR count). The predicted octanol–water partition coefficient (Wildman–Crippen LogP) is 2.66. The molecular weight excluding hydrogens is 308 g/mol. The zero-order valence-corrected chi connectivity index (χ0v) is 15.7. The van der Waals surface area contributed by atoms with Crippen molar-refractivity contribution in [3.05, 3.63) is 0 Å². The Hall–Kier alpha value is -1.30. The largest absolute Gasteiger partial charge is 0.444 e. The van der Waals surface area contributed by atoms with E-state index in [1.54, 1.807) is 4.90 Å². The summed E-state index contributed by atoms with van der Waals surface area (Å²) in [5.41, 5.74) is -0.552. The molecule has 0 aromatic rings. The number of carbonyl (C=O) groups excluding carboxylic acids is 2. The number of hydrogen-bond acceptors (Lipinski definition) is 4. The zero-order chi connectivity index (χ0) is 17.9. The predicted molar refractivity (Wildman–Crippen MR) is 91.7 cm³/mol. The van der Waals surface area contributed by atoms with E-state index in [4.69, 9.17) is 9.47 Å². The normalized spacial score (nSPS) is 22.4. The zero-order valence-electron chi connectivity index (χ0n) is 15.7. The van der Waals surface area contributed by atoms with Gasteiger partial charge in [0.05, 0.1) is 6.61 Å². The van der Waals surface area contributed by atoms with Gasteiger partial charge in [-0.2, -0.15) is 0 Å². The first-order valence-corrected chi connectivity index (χ1v) is 9.10. The fourth-order valence-corrected chi connectivity index (χ4v) is 3.13. The Morgan fingerprint density at radius 3 is 2.46 bits per heavy atom. The van der Waals surface area contributed by atoms with Crippen LogP contribution in [0.2, 0.25) is 0 Å². The monoisotopic (exact) mass is 340 g/mol. The van der Waals surface area contributed by atoms with Gasteiger partial charge < -0.3 is 14.4 Å². The molecule has 0 unspecified atom stereocenters. The Kier molecular flexibility index (Phi) is 6.12. The number of likely N-dealkylation sites (tertiary alicyclic amines) is 1. The van der Waals surface area contributed by atoms with E-state index in [2.05, 4.69) is 0 Å². The number of amides is 2. The standard InChI is InChI=1S/C18H32N2O4/c1-6-23-12-14-9-10-19(11-14)16(21)13(2)20(15-7-8-15)17(22)24-18(3,4)5/h13-15H,6-12H2,1-5H3/t13-,14+/m1/s1. The summed E-state index contributed by atoms with van der Waals surface area (Å²) < 4.78 is 11.0. The van der Waals surface area contributed by atoms with Crippen molar-refractivity contribution in [3.63, 3.8) is 0 Å². The first-order chi connectivity index (χ1) is 11.2. The molecule has 1 aliphatic carbocycles. The first kappa shape index (κ1) is 19.0. The summed E-state index contributed by atoms with van der Waals surface area (Å²) in [5.74, 6) is 0.420. The van der Waals surface area contributed by atoms with Crippen LogP contribution in [-0.4, -0.2) is 65.8 Å². The van der Waals surface area contributed by atoms with Crippen LogP contribution in [0.5, 0.6) is 0 Å². The van der Waals surface area contributed by atoms with Crippen LogP contribution in [0.4, 0.5) is 4.79 Å². The van der Waals surface area contributed by atoms with E-state index in [0.29, 0.717) is 19.1 Å². The number of ether oxygens (including phenoxy) is 2. The van der Waals surface area contributed by atoms with E-state index >= 15 is 0 Å². The fourth-order valence-electron chi connectivity index (χ4n) is 3.13. The Balaban J connectivity index is 1.96. The van der Waals surface area contributed by atoms with Gasteiger partial charge in [0, 0.05) is 31.7 Å². The smallest absolute Gasteiger partial charge is 0.411 e. The van der Waals surface area contributed by atoms with Gasteiger partial charge in [0.1, 0.15) is 11.6 Å². The Morgan fingerprint density at radius 2 is 1.92 bits per heavy atom. The third-order valence-electron chi connectivity index (χ3n) is 4.47. The van der Waals surface area contributed by atoms with Crippen LogP contribution < -0.4 is 0 Å². The summed E-state index contributed by atoms with van der Waals surface area (Å²) in [6.07, 6.45) is 2.48. The Morgan fingerprint density at radius 1 is 1.25 bits per heavy atom. The van der Waals surface area contributed by atoms with Crippen molar-refractivity contribution in [1.29, 1.82) is 0 Å². The molecule has 1 saturated carbocycles. The molecule has 6 heteroatoms. The van der Waals surface area contributed by atoms with Gasteiger partial charge >= 0.3 is 6.09 Å². The highest BCUT2D eigenvalue weighted by molar-refractivity contribution is 5.86. The minimum Gasteiger partial charge on any atom is -0.444 e. The molecule has 0 aromatic carbocycles. The highest BCUT2D eigenvalue weighted by Gasteiger charge is 2.42. The number of hydrogen-bond donors (Lipinski definition) is 0. The van der Waals surface area contributed by atoms with Gasteiger partial charge in [-0.1, -0.05) is 0 Å². The van der Waals surface area contributed by atoms with Crippen molar-refractivity contribution in [2.45, 2.75) is 71.6 Å². The summed E-state index contributed by atoms with van der Waals surface area (Å²) in [5, 5.41) is 0. The summed E-state index contributed by atoms with van der Waals surface area (Å²) in [4.78, 5) is 28.9. The van der Waals surface area contributed by atoms with Gasteiger partial charge in [-0.3, -0.25) is 9.69 Å². The van der Waals surface area contributed by atoms with Crippen LogP contribution in [0.25, 0.3) is 0 Å². The van der Waals surface area contributed by atoms with Crippen LogP contribution in [0.1, 0.15) is 53.9 Å². The van der Waals surface area contributed by atoms with Crippen molar-refractivity contribution < 1.29 is 19.1 Å². The van der Waals surface area contributed by atoms with Gasteiger partial charge in [-0.05, 0) is 53.9 Å². The number of rotatable bonds is 6. The molecule has 0 bridgehead atoms. The van der Waals surface area contributed by atoms with Crippen LogP contribution in [0.15, 0.2) is 0 Å². The van der Waals surface area contributed by atoms with Crippen LogP contribution in [0.3, 0.4) is 0 Å². The van der Waals surface area contributed by atoms with Crippen molar-refractivity contribution in [2.75, 3.05) is 26.3 Å². The lowest BCUT2D eigenvalue weighted by molar-refractivity contribution is -0.135. The third kappa shape index (κ3) is 5.10. The highest BCUT2D eigenvalue weighted by atomic mass is 16.6. The first-order valence-electron chi connectivity index (χ1n) is 9.10. The lowest BCUT2D eigenvalue weighted by Gasteiger charge is -2.33. The molecule has 2 atom stereocenters. The average molecular weight is 340 g/mol. The van der Waals surface area contributed by atoms with Gasteiger partial charge in [-0.15, -0.1) is 0 Å². The lowest BCUT2D eigenvalue weighted by atomic mass is 10.1. The molecule has 0 aromatic heterocycles. The van der Waals surface area contributed by atoms with Gasteiger partial charge in [-0.25, -0.2) is 4.79 Å².